The minimum atomic E-state index is -0.228. The normalized spacial score (nSPS) is 17.7. The summed E-state index contributed by atoms with van der Waals surface area (Å²) in [5, 5.41) is 6.76. The van der Waals surface area contributed by atoms with E-state index in [1.165, 1.54) is 0 Å². The van der Waals surface area contributed by atoms with Gasteiger partial charge in [-0.1, -0.05) is 48.5 Å². The molecule has 2 aromatic rings. The van der Waals surface area contributed by atoms with Gasteiger partial charge >= 0.3 is 0 Å². The zero-order valence-electron chi connectivity index (χ0n) is 10.9. The Hall–Kier alpha value is -2.62. The van der Waals surface area contributed by atoms with Crippen molar-refractivity contribution in [3.63, 3.8) is 0 Å². The van der Waals surface area contributed by atoms with E-state index < -0.39 is 0 Å². The van der Waals surface area contributed by atoms with E-state index in [0.717, 1.165) is 22.5 Å². The molecule has 1 aliphatic rings. The summed E-state index contributed by atoms with van der Waals surface area (Å²) in [5.74, 6) is 5.28. The number of hydrazone groups is 1. The van der Waals surface area contributed by atoms with E-state index in [1.807, 2.05) is 54.6 Å². The second-order valence-corrected chi connectivity index (χ2v) is 4.78. The summed E-state index contributed by atoms with van der Waals surface area (Å²) in [6.07, 6.45) is 0.503. The average Bonchev–Trinajstić information content (AvgIpc) is 2.81. The average molecular weight is 265 g/mol. The Morgan fingerprint density at radius 1 is 1.10 bits per heavy atom. The van der Waals surface area contributed by atoms with E-state index in [0.29, 0.717) is 6.42 Å². The van der Waals surface area contributed by atoms with Crippen LogP contribution in [0, 0.1) is 0 Å². The van der Waals surface area contributed by atoms with Crippen LogP contribution in [0.15, 0.2) is 59.7 Å². The largest absolute Gasteiger partial charge is 0.325 e. The predicted molar refractivity (Wildman–Crippen MR) is 79.6 cm³/mol. The van der Waals surface area contributed by atoms with Gasteiger partial charge in [-0.2, -0.15) is 5.10 Å². The highest BCUT2D eigenvalue weighted by Gasteiger charge is 2.31. The second kappa shape index (κ2) is 5.17. The number of carbonyl (C=O) groups excluding carboxylic acids is 1. The van der Waals surface area contributed by atoms with Crippen molar-refractivity contribution in [1.29, 1.82) is 0 Å². The SMILES string of the molecule is N/N=C(/CC1C(=O)Nc2ccccc21)c1ccccc1. The molecule has 4 nitrogen and oxygen atoms in total. The van der Waals surface area contributed by atoms with E-state index in [-0.39, 0.29) is 11.8 Å². The molecule has 20 heavy (non-hydrogen) atoms. The summed E-state index contributed by atoms with van der Waals surface area (Å²) in [6.45, 7) is 0. The third-order valence-electron chi connectivity index (χ3n) is 3.57. The maximum absolute atomic E-state index is 12.1. The third-order valence-corrected chi connectivity index (χ3v) is 3.57. The van der Waals surface area contributed by atoms with Gasteiger partial charge in [0.25, 0.3) is 0 Å². The molecule has 3 N–H and O–H groups in total. The number of nitrogens with two attached hydrogens (primary N) is 1. The maximum atomic E-state index is 12.1. The number of nitrogens with zero attached hydrogens (tertiary/aromatic N) is 1. The predicted octanol–water partition coefficient (Wildman–Crippen LogP) is 2.48. The molecular weight excluding hydrogens is 250 g/mol. The monoisotopic (exact) mass is 265 g/mol. The standard InChI is InChI=1S/C16H15N3O/c17-19-15(11-6-2-1-3-7-11)10-13-12-8-4-5-9-14(12)18-16(13)20/h1-9,13H,10,17H2,(H,18,20)/b19-15-. The summed E-state index contributed by atoms with van der Waals surface area (Å²) in [7, 11) is 0. The van der Waals surface area contributed by atoms with Crippen LogP contribution in [0.3, 0.4) is 0 Å². The van der Waals surface area contributed by atoms with Crippen molar-refractivity contribution in [2.24, 2.45) is 10.9 Å². The maximum Gasteiger partial charge on any atom is 0.232 e. The number of fused-ring (bicyclic) bond motifs is 1. The van der Waals surface area contributed by atoms with Crippen molar-refractivity contribution in [2.75, 3.05) is 5.32 Å². The van der Waals surface area contributed by atoms with E-state index in [9.17, 15) is 4.79 Å². The molecule has 4 heteroatoms. The number of para-hydroxylation sites is 1. The summed E-state index contributed by atoms with van der Waals surface area (Å²) in [5.41, 5.74) is 3.58. The molecule has 1 unspecified atom stereocenters. The van der Waals surface area contributed by atoms with Crippen LogP contribution in [-0.2, 0) is 4.79 Å². The van der Waals surface area contributed by atoms with E-state index >= 15 is 0 Å². The van der Waals surface area contributed by atoms with Gasteiger partial charge in [0, 0.05) is 12.1 Å². The van der Waals surface area contributed by atoms with Gasteiger partial charge in [0.2, 0.25) is 5.91 Å². The van der Waals surface area contributed by atoms with Crippen molar-refractivity contribution in [1.82, 2.24) is 0 Å². The Bertz CT molecular complexity index is 664. The molecule has 1 atom stereocenters. The molecule has 1 aliphatic heterocycles. The lowest BCUT2D eigenvalue weighted by Gasteiger charge is -2.10. The first-order chi connectivity index (χ1) is 9.79. The number of benzene rings is 2. The molecular formula is C16H15N3O. The van der Waals surface area contributed by atoms with Crippen LogP contribution in [-0.4, -0.2) is 11.6 Å². The van der Waals surface area contributed by atoms with Crippen molar-refractivity contribution in [3.05, 3.63) is 65.7 Å². The zero-order valence-corrected chi connectivity index (χ0v) is 10.9. The Balaban J connectivity index is 1.90. The molecule has 0 aromatic heterocycles. The highest BCUT2D eigenvalue weighted by molar-refractivity contribution is 6.09. The van der Waals surface area contributed by atoms with Crippen molar-refractivity contribution < 1.29 is 4.79 Å². The van der Waals surface area contributed by atoms with Crippen LogP contribution in [0.25, 0.3) is 0 Å². The second-order valence-electron chi connectivity index (χ2n) is 4.78. The van der Waals surface area contributed by atoms with Crippen LogP contribution in [0.1, 0.15) is 23.5 Å². The Morgan fingerprint density at radius 3 is 2.55 bits per heavy atom. The molecule has 1 amide bonds. The minimum absolute atomic E-state index is 0.00304. The highest BCUT2D eigenvalue weighted by atomic mass is 16.2. The molecule has 2 aromatic carbocycles. The fourth-order valence-corrected chi connectivity index (χ4v) is 2.55. The van der Waals surface area contributed by atoms with Crippen LogP contribution in [0.2, 0.25) is 0 Å². The van der Waals surface area contributed by atoms with Gasteiger partial charge in [-0.15, -0.1) is 0 Å². The molecule has 0 saturated carbocycles. The molecule has 100 valence electrons. The van der Waals surface area contributed by atoms with Gasteiger partial charge in [0.15, 0.2) is 0 Å². The summed E-state index contributed by atoms with van der Waals surface area (Å²) in [6, 6.07) is 17.4. The molecule has 0 radical (unpaired) electrons. The molecule has 0 fully saturated rings. The van der Waals surface area contributed by atoms with Gasteiger partial charge in [-0.05, 0) is 17.2 Å². The number of anilines is 1. The third kappa shape index (κ3) is 2.16. The lowest BCUT2D eigenvalue weighted by Crippen LogP contribution is -2.17. The number of nitrogens with one attached hydrogen (secondary N) is 1. The van der Waals surface area contributed by atoms with Crippen molar-refractivity contribution in [3.8, 4) is 0 Å². The van der Waals surface area contributed by atoms with E-state index in [2.05, 4.69) is 10.4 Å². The van der Waals surface area contributed by atoms with Crippen molar-refractivity contribution in [2.45, 2.75) is 12.3 Å². The lowest BCUT2D eigenvalue weighted by molar-refractivity contribution is -0.116. The highest BCUT2D eigenvalue weighted by Crippen LogP contribution is 2.35. The van der Waals surface area contributed by atoms with Gasteiger partial charge in [0.05, 0.1) is 11.6 Å². The summed E-state index contributed by atoms with van der Waals surface area (Å²) >= 11 is 0. The summed E-state index contributed by atoms with van der Waals surface area (Å²) in [4.78, 5) is 12.1. The Kier molecular flexibility index (Phi) is 3.21. The number of rotatable bonds is 3. The zero-order chi connectivity index (χ0) is 13.9. The fraction of sp³-hybridized carbons (Fsp3) is 0.125. The first kappa shape index (κ1) is 12.4. The minimum Gasteiger partial charge on any atom is -0.325 e. The molecule has 3 rings (SSSR count). The molecule has 0 bridgehead atoms. The van der Waals surface area contributed by atoms with Crippen LogP contribution in [0.4, 0.5) is 5.69 Å². The van der Waals surface area contributed by atoms with Gasteiger partial charge in [-0.25, -0.2) is 0 Å². The number of carbonyl (C=O) groups is 1. The first-order valence-corrected chi connectivity index (χ1v) is 6.51. The van der Waals surface area contributed by atoms with Gasteiger partial charge < -0.3 is 11.2 Å². The number of hydrogen-bond donors (Lipinski definition) is 2. The molecule has 0 spiro atoms. The smallest absolute Gasteiger partial charge is 0.232 e. The van der Waals surface area contributed by atoms with Gasteiger partial charge in [0.1, 0.15) is 0 Å². The first-order valence-electron chi connectivity index (χ1n) is 6.51. The molecule has 0 aliphatic carbocycles. The summed E-state index contributed by atoms with van der Waals surface area (Å²) < 4.78 is 0. The molecule has 1 heterocycles. The van der Waals surface area contributed by atoms with Crippen LogP contribution < -0.4 is 11.2 Å². The number of amides is 1. The van der Waals surface area contributed by atoms with Gasteiger partial charge in [-0.3, -0.25) is 4.79 Å². The lowest BCUT2D eigenvalue weighted by atomic mass is 9.92. The number of hydrogen-bond acceptors (Lipinski definition) is 3. The van der Waals surface area contributed by atoms with Crippen molar-refractivity contribution >= 4 is 17.3 Å². The van der Waals surface area contributed by atoms with E-state index in [4.69, 9.17) is 5.84 Å². The topological polar surface area (TPSA) is 67.5 Å². The van der Waals surface area contributed by atoms with Crippen LogP contribution in [0.5, 0.6) is 0 Å². The quantitative estimate of drug-likeness (QED) is 0.508. The Morgan fingerprint density at radius 2 is 1.80 bits per heavy atom. The fourth-order valence-electron chi connectivity index (χ4n) is 2.55. The Labute approximate surface area is 117 Å². The molecule has 0 saturated heterocycles. The van der Waals surface area contributed by atoms with Crippen LogP contribution >= 0.6 is 0 Å². The van der Waals surface area contributed by atoms with E-state index in [1.54, 1.807) is 0 Å².